The molecular formula is C6H12NO2. The number of nitrogens with one attached hydrogen (secondary N) is 1. The Labute approximate surface area is 54.9 Å². The minimum Gasteiger partial charge on any atom is -0.480 e. The molecule has 1 atom stereocenters. The van der Waals surface area contributed by atoms with Gasteiger partial charge in [0, 0.05) is 0 Å². The average Bonchev–Trinajstić information content (AvgIpc) is 1.82. The third-order valence-corrected chi connectivity index (χ3v) is 1.14. The van der Waals surface area contributed by atoms with Gasteiger partial charge in [-0.2, -0.15) is 0 Å². The van der Waals surface area contributed by atoms with E-state index in [0.717, 1.165) is 12.8 Å². The Bertz CT molecular complexity index is 93.1. The molecule has 0 heterocycles. The molecule has 0 aromatic carbocycles. The smallest absolute Gasteiger partial charge is 0.322 e. The van der Waals surface area contributed by atoms with Crippen molar-refractivity contribution in [3.05, 3.63) is 0 Å². The number of hydrogen-bond donors (Lipinski definition) is 1. The highest BCUT2D eigenvalue weighted by Crippen LogP contribution is 1.98. The first kappa shape index (κ1) is 8.43. The van der Waals surface area contributed by atoms with E-state index in [-0.39, 0.29) is 0 Å². The molecule has 0 amide bonds. The quantitative estimate of drug-likeness (QED) is 0.614. The van der Waals surface area contributed by atoms with Crippen LogP contribution in [0.4, 0.5) is 0 Å². The molecule has 53 valence electrons. The van der Waals surface area contributed by atoms with Crippen molar-refractivity contribution in [2.24, 2.45) is 0 Å². The minimum atomic E-state index is -1.01. The van der Waals surface area contributed by atoms with Crippen LogP contribution < -0.4 is 5.73 Å². The first-order valence-electron chi connectivity index (χ1n) is 3.12. The van der Waals surface area contributed by atoms with Crippen molar-refractivity contribution in [2.45, 2.75) is 32.2 Å². The van der Waals surface area contributed by atoms with Crippen molar-refractivity contribution in [3.63, 3.8) is 0 Å². The van der Waals surface area contributed by atoms with E-state index < -0.39 is 12.0 Å². The SMILES string of the molecule is CCCCC([NH])C(=O)O. The zero-order valence-corrected chi connectivity index (χ0v) is 5.55. The van der Waals surface area contributed by atoms with Gasteiger partial charge in [-0.25, -0.2) is 5.73 Å². The van der Waals surface area contributed by atoms with Gasteiger partial charge in [-0.3, -0.25) is 4.79 Å². The predicted molar refractivity (Wildman–Crippen MR) is 34.0 cm³/mol. The van der Waals surface area contributed by atoms with Crippen molar-refractivity contribution < 1.29 is 9.90 Å². The Morgan fingerprint density at radius 2 is 2.33 bits per heavy atom. The summed E-state index contributed by atoms with van der Waals surface area (Å²) in [7, 11) is 0. The summed E-state index contributed by atoms with van der Waals surface area (Å²) in [4.78, 5) is 10.0. The van der Waals surface area contributed by atoms with E-state index in [1.165, 1.54) is 0 Å². The highest BCUT2D eigenvalue weighted by molar-refractivity contribution is 5.72. The lowest BCUT2D eigenvalue weighted by atomic mass is 10.1. The summed E-state index contributed by atoms with van der Waals surface area (Å²) in [5, 5.41) is 8.22. The van der Waals surface area contributed by atoms with Gasteiger partial charge < -0.3 is 5.11 Å². The highest BCUT2D eigenvalue weighted by Gasteiger charge is 2.09. The molecule has 0 aliphatic heterocycles. The second-order valence-corrected chi connectivity index (χ2v) is 2.03. The number of unbranched alkanes of at least 4 members (excludes halogenated alkanes) is 1. The van der Waals surface area contributed by atoms with Gasteiger partial charge in [-0.1, -0.05) is 19.8 Å². The van der Waals surface area contributed by atoms with Gasteiger partial charge in [0.1, 0.15) is 6.04 Å². The van der Waals surface area contributed by atoms with E-state index in [1.807, 2.05) is 6.92 Å². The van der Waals surface area contributed by atoms with Crippen LogP contribution in [-0.2, 0) is 4.79 Å². The zero-order valence-electron chi connectivity index (χ0n) is 5.55. The number of aliphatic carboxylic acids is 1. The van der Waals surface area contributed by atoms with E-state index in [9.17, 15) is 4.79 Å². The summed E-state index contributed by atoms with van der Waals surface area (Å²) in [6.07, 6.45) is 2.27. The molecule has 0 aliphatic carbocycles. The minimum absolute atomic E-state index is 0.478. The third-order valence-electron chi connectivity index (χ3n) is 1.14. The fourth-order valence-electron chi connectivity index (χ4n) is 0.532. The van der Waals surface area contributed by atoms with Gasteiger partial charge in [-0.05, 0) is 6.42 Å². The predicted octanol–water partition coefficient (Wildman–Crippen LogP) is 0.913. The van der Waals surface area contributed by atoms with Gasteiger partial charge in [0.15, 0.2) is 0 Å². The molecule has 1 unspecified atom stereocenters. The van der Waals surface area contributed by atoms with Crippen LogP contribution in [-0.4, -0.2) is 17.1 Å². The zero-order chi connectivity index (χ0) is 7.28. The first-order chi connectivity index (χ1) is 4.18. The molecule has 0 aromatic rings. The largest absolute Gasteiger partial charge is 0.480 e. The fourth-order valence-corrected chi connectivity index (χ4v) is 0.532. The molecule has 0 spiro atoms. The summed E-state index contributed by atoms with van der Waals surface area (Å²) in [6, 6.07) is -0.912. The second kappa shape index (κ2) is 4.32. The number of carboxylic acid groups (broad SMARTS) is 1. The normalized spacial score (nSPS) is 13.1. The lowest BCUT2D eigenvalue weighted by molar-refractivity contribution is -0.138. The molecule has 0 rings (SSSR count). The maximum atomic E-state index is 10.0. The second-order valence-electron chi connectivity index (χ2n) is 2.03. The maximum Gasteiger partial charge on any atom is 0.322 e. The molecule has 2 N–H and O–H groups in total. The van der Waals surface area contributed by atoms with Gasteiger partial charge >= 0.3 is 5.97 Å². The molecular weight excluding hydrogens is 118 g/mol. The maximum absolute atomic E-state index is 10.0. The van der Waals surface area contributed by atoms with Crippen LogP contribution in [0, 0.1) is 0 Å². The Balaban J connectivity index is 3.27. The van der Waals surface area contributed by atoms with Crippen molar-refractivity contribution in [2.75, 3.05) is 0 Å². The number of rotatable bonds is 4. The molecule has 9 heavy (non-hydrogen) atoms. The molecule has 3 nitrogen and oxygen atoms in total. The summed E-state index contributed by atoms with van der Waals surface area (Å²) in [5.41, 5.74) is 6.93. The molecule has 3 heteroatoms. The van der Waals surface area contributed by atoms with Gasteiger partial charge in [0.2, 0.25) is 0 Å². The Hall–Kier alpha value is -0.570. The molecule has 0 fully saturated rings. The van der Waals surface area contributed by atoms with Crippen LogP contribution in [0.5, 0.6) is 0 Å². The highest BCUT2D eigenvalue weighted by atomic mass is 16.4. The lowest BCUT2D eigenvalue weighted by Crippen LogP contribution is -2.20. The molecule has 0 aliphatic rings. The number of carbonyl (C=O) groups is 1. The van der Waals surface area contributed by atoms with Crippen LogP contribution in [0.2, 0.25) is 0 Å². The monoisotopic (exact) mass is 130 g/mol. The molecule has 0 saturated carbocycles. The Morgan fingerprint density at radius 1 is 1.78 bits per heavy atom. The summed E-state index contributed by atoms with van der Waals surface area (Å²) < 4.78 is 0. The molecule has 0 bridgehead atoms. The van der Waals surface area contributed by atoms with Crippen LogP contribution >= 0.6 is 0 Å². The third kappa shape index (κ3) is 3.97. The topological polar surface area (TPSA) is 61.1 Å². The van der Waals surface area contributed by atoms with Gasteiger partial charge in [-0.15, -0.1) is 0 Å². The molecule has 0 saturated heterocycles. The summed E-state index contributed by atoms with van der Waals surface area (Å²) >= 11 is 0. The van der Waals surface area contributed by atoms with Crippen molar-refractivity contribution in [1.82, 2.24) is 5.73 Å². The van der Waals surface area contributed by atoms with Crippen molar-refractivity contribution in [3.8, 4) is 0 Å². The van der Waals surface area contributed by atoms with Crippen LogP contribution in [0.1, 0.15) is 26.2 Å². The molecule has 0 aromatic heterocycles. The molecule has 1 radical (unpaired) electrons. The summed E-state index contributed by atoms with van der Waals surface area (Å²) in [6.45, 7) is 1.98. The van der Waals surface area contributed by atoms with Crippen LogP contribution in [0.15, 0.2) is 0 Å². The lowest BCUT2D eigenvalue weighted by Gasteiger charge is -2.01. The van der Waals surface area contributed by atoms with E-state index in [1.54, 1.807) is 0 Å². The van der Waals surface area contributed by atoms with E-state index >= 15 is 0 Å². The standard InChI is InChI=1S/C6H12NO2/c1-2-3-4-5(7)6(8)9/h5,7H,2-4H2,1H3,(H,8,9). The summed E-state index contributed by atoms with van der Waals surface area (Å²) in [5.74, 6) is -1.01. The Morgan fingerprint density at radius 3 is 2.67 bits per heavy atom. The van der Waals surface area contributed by atoms with Crippen molar-refractivity contribution >= 4 is 5.97 Å². The van der Waals surface area contributed by atoms with Crippen LogP contribution in [0.25, 0.3) is 0 Å². The first-order valence-corrected chi connectivity index (χ1v) is 3.12. The van der Waals surface area contributed by atoms with Gasteiger partial charge in [0.05, 0.1) is 0 Å². The van der Waals surface area contributed by atoms with Crippen molar-refractivity contribution in [1.29, 1.82) is 0 Å². The van der Waals surface area contributed by atoms with E-state index in [4.69, 9.17) is 10.8 Å². The van der Waals surface area contributed by atoms with Gasteiger partial charge in [0.25, 0.3) is 0 Å². The fraction of sp³-hybridized carbons (Fsp3) is 0.833. The van der Waals surface area contributed by atoms with E-state index in [0.29, 0.717) is 6.42 Å². The number of hydrogen-bond acceptors (Lipinski definition) is 1. The average molecular weight is 130 g/mol. The van der Waals surface area contributed by atoms with E-state index in [2.05, 4.69) is 0 Å². The van der Waals surface area contributed by atoms with Crippen LogP contribution in [0.3, 0.4) is 0 Å². The number of carboxylic acids is 1. The Kier molecular flexibility index (Phi) is 4.05.